The van der Waals surface area contributed by atoms with Crippen LogP contribution in [0.3, 0.4) is 0 Å². The molecular weight excluding hydrogens is 624 g/mol. The quantitative estimate of drug-likeness (QED) is 0.218. The number of methoxy groups -OCH3 is 1. The van der Waals surface area contributed by atoms with E-state index in [0.29, 0.717) is 77.9 Å². The average Bonchev–Trinajstić information content (AvgIpc) is 3.72. The third-order valence-electron chi connectivity index (χ3n) is 9.47. The van der Waals surface area contributed by atoms with Gasteiger partial charge in [-0.05, 0) is 75.6 Å². The Balaban J connectivity index is 1.10. The number of aromatic nitrogens is 1. The van der Waals surface area contributed by atoms with E-state index in [1.54, 1.807) is 35.2 Å². The van der Waals surface area contributed by atoms with Crippen LogP contribution >= 0.6 is 0 Å². The summed E-state index contributed by atoms with van der Waals surface area (Å²) in [5.74, 6) is 1.45. The van der Waals surface area contributed by atoms with E-state index in [9.17, 15) is 14.9 Å². The molecule has 0 radical (unpaired) electrons. The van der Waals surface area contributed by atoms with Gasteiger partial charge in [-0.15, -0.1) is 0 Å². The van der Waals surface area contributed by atoms with Crippen LogP contribution in [0.1, 0.15) is 62.4 Å². The number of furan rings is 1. The fourth-order valence-electron chi connectivity index (χ4n) is 7.05. The summed E-state index contributed by atoms with van der Waals surface area (Å²) in [5, 5.41) is 9.93. The van der Waals surface area contributed by atoms with Crippen LogP contribution in [-0.2, 0) is 9.47 Å². The van der Waals surface area contributed by atoms with Gasteiger partial charge in [0.1, 0.15) is 40.6 Å². The molecule has 0 bridgehead atoms. The Morgan fingerprint density at radius 2 is 1.82 bits per heavy atom. The minimum absolute atomic E-state index is 0.0213. The van der Waals surface area contributed by atoms with Crippen LogP contribution in [0.15, 0.2) is 59.1 Å². The second kappa shape index (κ2) is 12.7. The van der Waals surface area contributed by atoms with E-state index in [-0.39, 0.29) is 23.6 Å². The number of ether oxygens (including phenoxy) is 4. The third kappa shape index (κ3) is 6.29. The molecule has 2 aromatic heterocycles. The van der Waals surface area contributed by atoms with Crippen LogP contribution in [0.4, 0.5) is 4.79 Å². The van der Waals surface area contributed by atoms with Gasteiger partial charge in [0, 0.05) is 55.9 Å². The molecule has 3 aliphatic heterocycles. The number of hydrogen-bond donors (Lipinski definition) is 0. The zero-order valence-electron chi connectivity index (χ0n) is 28.3. The smallest absolute Gasteiger partial charge is 0.410 e. The summed E-state index contributed by atoms with van der Waals surface area (Å²) < 4.78 is 29.4. The summed E-state index contributed by atoms with van der Waals surface area (Å²) in [6.07, 6.45) is 4.71. The molecule has 0 saturated carbocycles. The molecule has 2 amide bonds. The normalized spacial score (nSPS) is 17.5. The number of amides is 2. The van der Waals surface area contributed by atoms with Crippen molar-refractivity contribution >= 4 is 23.1 Å². The van der Waals surface area contributed by atoms with E-state index in [2.05, 4.69) is 11.1 Å². The Morgan fingerprint density at radius 1 is 1.02 bits per heavy atom. The number of hydrogen-bond acceptors (Lipinski definition) is 9. The van der Waals surface area contributed by atoms with Crippen molar-refractivity contribution in [1.29, 1.82) is 5.26 Å². The number of fused-ring (bicyclic) bond motifs is 1. The summed E-state index contributed by atoms with van der Waals surface area (Å²) >= 11 is 0. The molecule has 3 aliphatic rings. The van der Waals surface area contributed by atoms with E-state index in [1.807, 2.05) is 57.2 Å². The van der Waals surface area contributed by atoms with Gasteiger partial charge in [-0.25, -0.2) is 4.79 Å². The Hall–Kier alpha value is -5.08. The first-order valence-corrected chi connectivity index (χ1v) is 16.7. The van der Waals surface area contributed by atoms with Crippen molar-refractivity contribution in [3.8, 4) is 40.0 Å². The van der Waals surface area contributed by atoms with Crippen molar-refractivity contribution in [2.24, 2.45) is 0 Å². The molecule has 11 nitrogen and oxygen atoms in total. The van der Waals surface area contributed by atoms with Gasteiger partial charge in [-0.3, -0.25) is 14.7 Å². The van der Waals surface area contributed by atoms with E-state index < -0.39 is 5.60 Å². The SMILES string of the molecule is COc1cc(C(=O)N2CC3(CCCN3C(=O)OC(C)(C)C)C2)ccc1-c1cc2nccc(-c3ccc(OC4CCOCC4)c(C#N)c3)c2o1. The molecule has 0 atom stereocenters. The first-order valence-electron chi connectivity index (χ1n) is 16.7. The lowest BCUT2D eigenvalue weighted by Gasteiger charge is -2.52. The lowest BCUT2D eigenvalue weighted by molar-refractivity contribution is -0.0373. The van der Waals surface area contributed by atoms with Gasteiger partial charge in [0.25, 0.3) is 5.91 Å². The number of likely N-dealkylation sites (tertiary alicyclic amines) is 2. The van der Waals surface area contributed by atoms with Gasteiger partial charge in [-0.2, -0.15) is 5.26 Å². The molecule has 0 N–H and O–H groups in total. The van der Waals surface area contributed by atoms with E-state index in [4.69, 9.17) is 23.4 Å². The maximum absolute atomic E-state index is 13.6. The van der Waals surface area contributed by atoms with E-state index >= 15 is 0 Å². The highest BCUT2D eigenvalue weighted by atomic mass is 16.6. The molecule has 49 heavy (non-hydrogen) atoms. The van der Waals surface area contributed by atoms with Crippen molar-refractivity contribution in [2.45, 2.75) is 63.7 Å². The standard InChI is InChI=1S/C38H40N4O7/c1-37(2,3)49-36(44)42-15-5-13-38(42)22-41(23-38)35(43)25-6-8-29(32(19-25)45-4)33-20-30-34(48-33)28(10-14-40-30)24-7-9-31(26(18-24)21-39)47-27-11-16-46-17-12-27/h6-10,14,18-20,27H,5,11-13,15-17,22-23H2,1-4H3. The van der Waals surface area contributed by atoms with Crippen molar-refractivity contribution < 1.29 is 33.0 Å². The highest BCUT2D eigenvalue weighted by Crippen LogP contribution is 2.41. The third-order valence-corrected chi connectivity index (χ3v) is 9.47. The van der Waals surface area contributed by atoms with Crippen molar-refractivity contribution in [3.63, 3.8) is 0 Å². The zero-order chi connectivity index (χ0) is 34.3. The minimum atomic E-state index is -0.581. The summed E-state index contributed by atoms with van der Waals surface area (Å²) in [6, 6.07) is 16.9. The molecule has 0 aliphatic carbocycles. The van der Waals surface area contributed by atoms with Gasteiger partial charge < -0.3 is 28.3 Å². The van der Waals surface area contributed by atoms with E-state index in [1.165, 1.54) is 0 Å². The van der Waals surface area contributed by atoms with Crippen LogP contribution < -0.4 is 9.47 Å². The first kappa shape index (κ1) is 32.5. The van der Waals surface area contributed by atoms with Crippen LogP contribution in [0, 0.1) is 11.3 Å². The Kier molecular flexibility index (Phi) is 8.45. The second-order valence-electron chi connectivity index (χ2n) is 14.0. The summed E-state index contributed by atoms with van der Waals surface area (Å²) in [7, 11) is 1.56. The highest BCUT2D eigenvalue weighted by Gasteiger charge is 2.54. The molecule has 1 spiro atoms. The van der Waals surface area contributed by atoms with Crippen molar-refractivity contribution in [1.82, 2.24) is 14.8 Å². The monoisotopic (exact) mass is 664 g/mol. The fourth-order valence-corrected chi connectivity index (χ4v) is 7.05. The Labute approximate surface area is 285 Å². The lowest BCUT2D eigenvalue weighted by atomic mass is 9.86. The summed E-state index contributed by atoms with van der Waals surface area (Å²) in [5.41, 5.74) is 3.45. The van der Waals surface area contributed by atoms with Gasteiger partial charge in [0.2, 0.25) is 0 Å². The average molecular weight is 665 g/mol. The highest BCUT2D eigenvalue weighted by molar-refractivity contribution is 5.97. The van der Waals surface area contributed by atoms with Crippen LogP contribution in [0.5, 0.6) is 11.5 Å². The van der Waals surface area contributed by atoms with Crippen molar-refractivity contribution in [2.75, 3.05) is 40.0 Å². The number of carbonyl (C=O) groups is 2. The molecule has 254 valence electrons. The molecule has 0 unspecified atom stereocenters. The number of carbonyl (C=O) groups excluding carboxylic acids is 2. The Morgan fingerprint density at radius 3 is 2.55 bits per heavy atom. The van der Waals surface area contributed by atoms with Gasteiger partial charge >= 0.3 is 6.09 Å². The number of pyridine rings is 1. The van der Waals surface area contributed by atoms with Crippen LogP contribution in [0.2, 0.25) is 0 Å². The van der Waals surface area contributed by atoms with Crippen molar-refractivity contribution in [3.05, 3.63) is 65.9 Å². The van der Waals surface area contributed by atoms with Crippen LogP contribution in [-0.4, -0.2) is 84.0 Å². The maximum Gasteiger partial charge on any atom is 0.410 e. The molecule has 4 aromatic rings. The topological polar surface area (TPSA) is 127 Å². The lowest BCUT2D eigenvalue weighted by Crippen LogP contribution is -2.70. The minimum Gasteiger partial charge on any atom is -0.496 e. The largest absolute Gasteiger partial charge is 0.496 e. The molecular formula is C38H40N4O7. The molecule has 5 heterocycles. The predicted octanol–water partition coefficient (Wildman–Crippen LogP) is 6.83. The maximum atomic E-state index is 13.6. The van der Waals surface area contributed by atoms with Gasteiger partial charge in [0.15, 0.2) is 5.58 Å². The zero-order valence-corrected chi connectivity index (χ0v) is 28.3. The van der Waals surface area contributed by atoms with E-state index in [0.717, 1.165) is 36.8 Å². The van der Waals surface area contributed by atoms with Gasteiger partial charge in [-0.1, -0.05) is 6.07 Å². The van der Waals surface area contributed by atoms with Crippen LogP contribution in [0.25, 0.3) is 33.6 Å². The molecule has 11 heteroatoms. The molecule has 3 fully saturated rings. The Bertz CT molecular complexity index is 1940. The van der Waals surface area contributed by atoms with Gasteiger partial charge in [0.05, 0.1) is 37.0 Å². The molecule has 2 aromatic carbocycles. The summed E-state index contributed by atoms with van der Waals surface area (Å²) in [4.78, 5) is 34.6. The number of nitriles is 1. The number of rotatable bonds is 6. The number of nitrogens with zero attached hydrogens (tertiary/aromatic N) is 4. The number of benzene rings is 2. The second-order valence-corrected chi connectivity index (χ2v) is 14.0. The predicted molar refractivity (Wildman–Crippen MR) is 181 cm³/mol. The summed E-state index contributed by atoms with van der Waals surface area (Å²) in [6.45, 7) is 8.43. The molecule has 7 rings (SSSR count). The molecule has 3 saturated heterocycles. The first-order chi connectivity index (χ1) is 23.6. The fraction of sp³-hybridized carbons (Fsp3) is 0.421.